The molecule has 0 amide bonds. The average Bonchev–Trinajstić information content (AvgIpc) is 2.57. The Morgan fingerprint density at radius 3 is 1.67 bits per heavy atom. The fourth-order valence-corrected chi connectivity index (χ4v) is 2.19. The van der Waals surface area contributed by atoms with E-state index >= 15 is 0 Å². The highest BCUT2D eigenvalue weighted by molar-refractivity contribution is 5.40. The summed E-state index contributed by atoms with van der Waals surface area (Å²) >= 11 is 0. The number of para-hydroxylation sites is 4. The minimum absolute atomic E-state index is 0.119. The lowest BCUT2D eigenvalue weighted by molar-refractivity contribution is 0.208. The maximum absolute atomic E-state index is 5.82. The molecule has 0 aliphatic carbocycles. The summed E-state index contributed by atoms with van der Waals surface area (Å²) in [5.41, 5.74) is 0. The van der Waals surface area contributed by atoms with Crippen LogP contribution in [0.25, 0.3) is 0 Å². The molecule has 4 nitrogen and oxygen atoms in total. The molecule has 24 heavy (non-hydrogen) atoms. The Hall–Kier alpha value is -2.36. The van der Waals surface area contributed by atoms with E-state index in [0.717, 1.165) is 29.4 Å². The van der Waals surface area contributed by atoms with E-state index < -0.39 is 0 Å². The maximum atomic E-state index is 5.82. The molecule has 0 unspecified atom stereocenters. The minimum Gasteiger partial charge on any atom is -0.490 e. The van der Waals surface area contributed by atoms with Gasteiger partial charge in [0.05, 0.1) is 25.9 Å². The van der Waals surface area contributed by atoms with Crippen molar-refractivity contribution in [1.29, 1.82) is 0 Å². The van der Waals surface area contributed by atoms with Crippen molar-refractivity contribution in [2.45, 2.75) is 33.3 Å². The fraction of sp³-hybridized carbons (Fsp3) is 0.400. The molecule has 0 atom stereocenters. The van der Waals surface area contributed by atoms with Crippen LogP contribution < -0.4 is 18.9 Å². The van der Waals surface area contributed by atoms with Crippen LogP contribution >= 0.6 is 0 Å². The molecule has 0 bridgehead atoms. The smallest absolute Gasteiger partial charge is 0.161 e. The molecule has 0 aliphatic heterocycles. The zero-order valence-corrected chi connectivity index (χ0v) is 14.7. The van der Waals surface area contributed by atoms with E-state index in [0.29, 0.717) is 19.8 Å². The van der Waals surface area contributed by atoms with Crippen molar-refractivity contribution in [3.05, 3.63) is 48.5 Å². The Balaban J connectivity index is 1.78. The average molecular weight is 330 g/mol. The van der Waals surface area contributed by atoms with E-state index in [1.165, 1.54) is 0 Å². The molecule has 4 heteroatoms. The van der Waals surface area contributed by atoms with Gasteiger partial charge in [-0.05, 0) is 45.0 Å². The zero-order chi connectivity index (χ0) is 17.2. The molecule has 0 aromatic heterocycles. The fourth-order valence-electron chi connectivity index (χ4n) is 2.19. The van der Waals surface area contributed by atoms with Gasteiger partial charge in [0.2, 0.25) is 0 Å². The molecule has 0 aliphatic rings. The van der Waals surface area contributed by atoms with Crippen LogP contribution in [0.15, 0.2) is 48.5 Å². The predicted molar refractivity (Wildman–Crippen MR) is 95.4 cm³/mol. The number of hydrogen-bond acceptors (Lipinski definition) is 4. The van der Waals surface area contributed by atoms with Crippen LogP contribution in [-0.4, -0.2) is 25.9 Å². The first kappa shape index (κ1) is 18.0. The van der Waals surface area contributed by atoms with Crippen molar-refractivity contribution in [2.24, 2.45) is 0 Å². The second kappa shape index (κ2) is 9.71. The van der Waals surface area contributed by atoms with Crippen LogP contribution in [0.5, 0.6) is 23.0 Å². The third-order valence-corrected chi connectivity index (χ3v) is 3.16. The number of benzene rings is 2. The van der Waals surface area contributed by atoms with Gasteiger partial charge in [0, 0.05) is 6.42 Å². The largest absolute Gasteiger partial charge is 0.490 e. The zero-order valence-electron chi connectivity index (χ0n) is 14.7. The summed E-state index contributed by atoms with van der Waals surface area (Å²) in [5, 5.41) is 0. The summed E-state index contributed by atoms with van der Waals surface area (Å²) in [6.07, 6.45) is 0.893. The van der Waals surface area contributed by atoms with E-state index in [9.17, 15) is 0 Å². The summed E-state index contributed by atoms with van der Waals surface area (Å²) in [7, 11) is 0. The Morgan fingerprint density at radius 1 is 0.708 bits per heavy atom. The first-order valence-electron chi connectivity index (χ1n) is 8.43. The van der Waals surface area contributed by atoms with Gasteiger partial charge < -0.3 is 18.9 Å². The molecular weight excluding hydrogens is 304 g/mol. The highest BCUT2D eigenvalue weighted by atomic mass is 16.5. The SMILES string of the molecule is CCOc1ccccc1OCCCOc1ccccc1OC(C)C. The first-order valence-corrected chi connectivity index (χ1v) is 8.43. The molecule has 0 saturated heterocycles. The number of rotatable bonds is 10. The van der Waals surface area contributed by atoms with Crippen LogP contribution in [0.4, 0.5) is 0 Å². The molecule has 0 fully saturated rings. The molecule has 130 valence electrons. The van der Waals surface area contributed by atoms with Crippen molar-refractivity contribution < 1.29 is 18.9 Å². The topological polar surface area (TPSA) is 36.9 Å². The highest BCUT2D eigenvalue weighted by Crippen LogP contribution is 2.28. The minimum atomic E-state index is 0.119. The van der Waals surface area contributed by atoms with E-state index in [1.54, 1.807) is 0 Å². The Morgan fingerprint density at radius 2 is 1.17 bits per heavy atom. The summed E-state index contributed by atoms with van der Waals surface area (Å²) in [6.45, 7) is 7.71. The number of hydrogen-bond donors (Lipinski definition) is 0. The van der Waals surface area contributed by atoms with Crippen LogP contribution in [-0.2, 0) is 0 Å². The number of ether oxygens (including phenoxy) is 4. The molecule has 2 rings (SSSR count). The van der Waals surface area contributed by atoms with Crippen molar-refractivity contribution in [2.75, 3.05) is 19.8 Å². The molecule has 0 N–H and O–H groups in total. The molecule has 2 aromatic rings. The van der Waals surface area contributed by atoms with Crippen molar-refractivity contribution in [1.82, 2.24) is 0 Å². The van der Waals surface area contributed by atoms with Crippen molar-refractivity contribution in [3.63, 3.8) is 0 Å². The van der Waals surface area contributed by atoms with Gasteiger partial charge in [-0.1, -0.05) is 24.3 Å². The van der Waals surface area contributed by atoms with E-state index in [4.69, 9.17) is 18.9 Å². The Labute approximate surface area is 144 Å². The van der Waals surface area contributed by atoms with Crippen LogP contribution in [0.1, 0.15) is 27.2 Å². The molecular formula is C20H26O4. The second-order valence-electron chi connectivity index (χ2n) is 5.54. The molecule has 0 saturated carbocycles. The standard InChI is InChI=1S/C20H26O4/c1-4-21-17-10-5-6-11-18(17)22-14-9-15-23-19-12-7-8-13-20(19)24-16(2)3/h5-8,10-13,16H,4,9,14-15H2,1-3H3. The van der Waals surface area contributed by atoms with Gasteiger partial charge in [-0.25, -0.2) is 0 Å². The van der Waals surface area contributed by atoms with Gasteiger partial charge in [0.1, 0.15) is 0 Å². The van der Waals surface area contributed by atoms with E-state index in [1.807, 2.05) is 69.3 Å². The second-order valence-corrected chi connectivity index (χ2v) is 5.54. The van der Waals surface area contributed by atoms with Crippen LogP contribution in [0, 0.1) is 0 Å². The maximum Gasteiger partial charge on any atom is 0.161 e. The van der Waals surface area contributed by atoms with Crippen molar-refractivity contribution in [3.8, 4) is 23.0 Å². The van der Waals surface area contributed by atoms with Gasteiger partial charge in [0.15, 0.2) is 23.0 Å². The lowest BCUT2D eigenvalue weighted by atomic mass is 10.3. The molecule has 0 spiro atoms. The lowest BCUT2D eigenvalue weighted by Gasteiger charge is -2.15. The van der Waals surface area contributed by atoms with Crippen molar-refractivity contribution >= 4 is 0 Å². The summed E-state index contributed by atoms with van der Waals surface area (Å²) in [5.74, 6) is 3.08. The van der Waals surface area contributed by atoms with E-state index in [2.05, 4.69) is 0 Å². The quantitative estimate of drug-likeness (QED) is 0.591. The van der Waals surface area contributed by atoms with Gasteiger partial charge in [0.25, 0.3) is 0 Å². The Bertz CT molecular complexity index is 610. The monoisotopic (exact) mass is 330 g/mol. The Kier molecular flexibility index (Phi) is 7.27. The van der Waals surface area contributed by atoms with Gasteiger partial charge in [-0.15, -0.1) is 0 Å². The summed E-state index contributed by atoms with van der Waals surface area (Å²) < 4.78 is 22.9. The van der Waals surface area contributed by atoms with Gasteiger partial charge in [-0.2, -0.15) is 0 Å². The van der Waals surface area contributed by atoms with Crippen LogP contribution in [0.2, 0.25) is 0 Å². The third-order valence-electron chi connectivity index (χ3n) is 3.16. The highest BCUT2D eigenvalue weighted by Gasteiger charge is 2.06. The first-order chi connectivity index (χ1) is 11.7. The summed E-state index contributed by atoms with van der Waals surface area (Å²) in [6, 6.07) is 15.4. The molecule has 0 radical (unpaired) electrons. The third kappa shape index (κ3) is 5.69. The van der Waals surface area contributed by atoms with Gasteiger partial charge in [-0.3, -0.25) is 0 Å². The van der Waals surface area contributed by atoms with E-state index in [-0.39, 0.29) is 6.10 Å². The predicted octanol–water partition coefficient (Wildman–Crippen LogP) is 4.72. The normalized spacial score (nSPS) is 10.5. The lowest BCUT2D eigenvalue weighted by Crippen LogP contribution is -2.09. The van der Waals surface area contributed by atoms with Crippen LogP contribution in [0.3, 0.4) is 0 Å². The molecule has 2 aromatic carbocycles. The summed E-state index contributed by atoms with van der Waals surface area (Å²) in [4.78, 5) is 0. The molecule has 0 heterocycles. The van der Waals surface area contributed by atoms with Gasteiger partial charge >= 0.3 is 0 Å².